The molecule has 3 aromatic carbocycles. The third-order valence-electron chi connectivity index (χ3n) is 6.75. The molecule has 0 unspecified atom stereocenters. The maximum atomic E-state index is 13.9. The van der Waals surface area contributed by atoms with Gasteiger partial charge in [-0.1, -0.05) is 29.8 Å². The van der Waals surface area contributed by atoms with Crippen LogP contribution in [0.5, 0.6) is 0 Å². The fourth-order valence-corrected chi connectivity index (χ4v) is 4.68. The second-order valence-corrected chi connectivity index (χ2v) is 9.55. The van der Waals surface area contributed by atoms with Gasteiger partial charge in [0.15, 0.2) is 0 Å². The molecule has 2 heterocycles. The number of aromatic nitrogens is 1. The van der Waals surface area contributed by atoms with Crippen LogP contribution >= 0.6 is 0 Å². The molecule has 5 rings (SSSR count). The molecule has 4 aromatic rings. The Morgan fingerprint density at radius 2 is 1.74 bits per heavy atom. The third kappa shape index (κ3) is 6.10. The van der Waals surface area contributed by atoms with Gasteiger partial charge in [-0.05, 0) is 61.0 Å². The van der Waals surface area contributed by atoms with Crippen molar-refractivity contribution in [1.82, 2.24) is 14.8 Å². The fourth-order valence-electron chi connectivity index (χ4n) is 4.68. The molecule has 1 aromatic heterocycles. The molecule has 1 fully saturated rings. The highest BCUT2D eigenvalue weighted by Crippen LogP contribution is 2.25. The van der Waals surface area contributed by atoms with E-state index in [1.807, 2.05) is 54.0 Å². The molecule has 0 bridgehead atoms. The van der Waals surface area contributed by atoms with Crippen LogP contribution in [0.3, 0.4) is 0 Å². The summed E-state index contributed by atoms with van der Waals surface area (Å²) in [7, 11) is 0. The van der Waals surface area contributed by atoms with Gasteiger partial charge in [-0.15, -0.1) is 0 Å². The van der Waals surface area contributed by atoms with Crippen LogP contribution < -0.4 is 10.6 Å². The first-order chi connectivity index (χ1) is 18.5. The second kappa shape index (κ2) is 11.6. The Morgan fingerprint density at radius 1 is 0.947 bits per heavy atom. The van der Waals surface area contributed by atoms with Crippen molar-refractivity contribution in [3.8, 4) is 0 Å². The normalized spacial score (nSPS) is 13.9. The lowest BCUT2D eigenvalue weighted by Crippen LogP contribution is -2.41. The van der Waals surface area contributed by atoms with Gasteiger partial charge in [0.05, 0.1) is 13.2 Å². The van der Waals surface area contributed by atoms with Crippen LogP contribution in [-0.2, 0) is 11.3 Å². The topological polar surface area (TPSA) is 75.6 Å². The van der Waals surface area contributed by atoms with Crippen LogP contribution in [-0.4, -0.2) is 60.7 Å². The van der Waals surface area contributed by atoms with E-state index in [-0.39, 0.29) is 17.6 Å². The number of morpholine rings is 1. The summed E-state index contributed by atoms with van der Waals surface area (Å²) in [4.78, 5) is 28.3. The average molecular weight is 515 g/mol. The third-order valence-corrected chi connectivity index (χ3v) is 6.75. The number of halogens is 1. The number of hydrogen-bond donors (Lipinski definition) is 2. The SMILES string of the molecule is Cc1ccc(C(=O)Nc2ccc3c(c2)cc(C(=O)NCCN2CCOCC2)n3Cc2cccc(F)c2)cc1. The van der Waals surface area contributed by atoms with E-state index in [2.05, 4.69) is 15.5 Å². The van der Waals surface area contributed by atoms with Crippen molar-refractivity contribution in [3.05, 3.63) is 101 Å². The van der Waals surface area contributed by atoms with Gasteiger partial charge in [-0.2, -0.15) is 0 Å². The molecule has 38 heavy (non-hydrogen) atoms. The number of fused-ring (bicyclic) bond motifs is 1. The van der Waals surface area contributed by atoms with Crippen molar-refractivity contribution in [2.75, 3.05) is 44.7 Å². The zero-order valence-electron chi connectivity index (χ0n) is 21.4. The summed E-state index contributed by atoms with van der Waals surface area (Å²) in [5.74, 6) is -0.725. The summed E-state index contributed by atoms with van der Waals surface area (Å²) in [6.45, 7) is 6.69. The van der Waals surface area contributed by atoms with Crippen LogP contribution in [0.15, 0.2) is 72.8 Å². The quantitative estimate of drug-likeness (QED) is 0.364. The average Bonchev–Trinajstić information content (AvgIpc) is 3.27. The van der Waals surface area contributed by atoms with E-state index in [0.717, 1.165) is 41.7 Å². The van der Waals surface area contributed by atoms with Crippen molar-refractivity contribution in [2.24, 2.45) is 0 Å². The molecule has 196 valence electrons. The zero-order valence-corrected chi connectivity index (χ0v) is 21.4. The fraction of sp³-hybridized carbons (Fsp3) is 0.267. The van der Waals surface area contributed by atoms with Crippen LogP contribution in [0.2, 0.25) is 0 Å². The van der Waals surface area contributed by atoms with Crippen molar-refractivity contribution in [1.29, 1.82) is 0 Å². The maximum absolute atomic E-state index is 13.9. The summed E-state index contributed by atoms with van der Waals surface area (Å²) in [6, 6.07) is 21.1. The molecule has 0 spiro atoms. The van der Waals surface area contributed by atoms with Gasteiger partial charge in [-0.25, -0.2) is 4.39 Å². The van der Waals surface area contributed by atoms with Gasteiger partial charge in [0.25, 0.3) is 11.8 Å². The molecule has 1 saturated heterocycles. The summed E-state index contributed by atoms with van der Waals surface area (Å²) in [5.41, 5.74) is 4.33. The Bertz CT molecular complexity index is 1440. The lowest BCUT2D eigenvalue weighted by atomic mass is 10.1. The van der Waals surface area contributed by atoms with Gasteiger partial charge >= 0.3 is 0 Å². The smallest absolute Gasteiger partial charge is 0.267 e. The molecule has 1 aliphatic heterocycles. The predicted molar refractivity (Wildman–Crippen MR) is 146 cm³/mol. The number of nitrogens with one attached hydrogen (secondary N) is 2. The number of ether oxygens (including phenoxy) is 1. The minimum absolute atomic E-state index is 0.198. The van der Waals surface area contributed by atoms with Crippen LogP contribution in [0.4, 0.5) is 10.1 Å². The van der Waals surface area contributed by atoms with E-state index >= 15 is 0 Å². The second-order valence-electron chi connectivity index (χ2n) is 9.55. The lowest BCUT2D eigenvalue weighted by Gasteiger charge is -2.26. The Kier molecular flexibility index (Phi) is 7.81. The Hall–Kier alpha value is -4.01. The number of hydrogen-bond acceptors (Lipinski definition) is 4. The minimum Gasteiger partial charge on any atom is -0.379 e. The number of benzene rings is 3. The van der Waals surface area contributed by atoms with Gasteiger partial charge in [0.2, 0.25) is 0 Å². The highest BCUT2D eigenvalue weighted by molar-refractivity contribution is 6.06. The molecule has 2 amide bonds. The molecule has 7 nitrogen and oxygen atoms in total. The van der Waals surface area contributed by atoms with Gasteiger partial charge in [-0.3, -0.25) is 14.5 Å². The monoisotopic (exact) mass is 514 g/mol. The number of amides is 2. The van der Waals surface area contributed by atoms with E-state index in [1.165, 1.54) is 12.1 Å². The Labute approximate surface area is 221 Å². The van der Waals surface area contributed by atoms with Crippen LogP contribution in [0.25, 0.3) is 10.9 Å². The molecule has 1 aliphatic rings. The summed E-state index contributed by atoms with van der Waals surface area (Å²) in [5, 5.41) is 6.78. The minimum atomic E-state index is -0.323. The van der Waals surface area contributed by atoms with Gasteiger partial charge in [0.1, 0.15) is 11.5 Å². The highest BCUT2D eigenvalue weighted by Gasteiger charge is 2.18. The predicted octanol–water partition coefficient (Wildman–Crippen LogP) is 4.45. The standard InChI is InChI=1S/C30H31FN4O3/c1-21-5-7-23(8-6-21)29(36)33-26-9-10-27-24(18-26)19-28(35(27)20-22-3-2-4-25(31)17-22)30(37)32-11-12-34-13-15-38-16-14-34/h2-10,17-19H,11-16,20H2,1H3,(H,32,37)(H,33,36). The van der Waals surface area contributed by atoms with E-state index in [1.54, 1.807) is 18.2 Å². The van der Waals surface area contributed by atoms with Crippen molar-refractivity contribution in [3.63, 3.8) is 0 Å². The van der Waals surface area contributed by atoms with Crippen LogP contribution in [0, 0.1) is 12.7 Å². The van der Waals surface area contributed by atoms with Gasteiger partial charge < -0.3 is 19.9 Å². The van der Waals surface area contributed by atoms with E-state index in [4.69, 9.17) is 4.74 Å². The molecular formula is C30H31FN4O3. The number of rotatable bonds is 8. The molecular weight excluding hydrogens is 483 g/mol. The summed E-state index contributed by atoms with van der Waals surface area (Å²) >= 11 is 0. The van der Waals surface area contributed by atoms with E-state index in [9.17, 15) is 14.0 Å². The lowest BCUT2D eigenvalue weighted by molar-refractivity contribution is 0.0383. The highest BCUT2D eigenvalue weighted by atomic mass is 19.1. The first-order valence-electron chi connectivity index (χ1n) is 12.8. The molecule has 2 N–H and O–H groups in total. The van der Waals surface area contributed by atoms with E-state index < -0.39 is 0 Å². The van der Waals surface area contributed by atoms with E-state index in [0.29, 0.717) is 43.2 Å². The molecule has 8 heteroatoms. The number of nitrogens with zero attached hydrogens (tertiary/aromatic N) is 2. The number of carbonyl (C=O) groups is 2. The number of anilines is 1. The van der Waals surface area contributed by atoms with Crippen LogP contribution in [0.1, 0.15) is 32.0 Å². The summed E-state index contributed by atoms with van der Waals surface area (Å²) < 4.78 is 21.2. The van der Waals surface area contributed by atoms with Gasteiger partial charge in [0, 0.05) is 54.9 Å². The molecule has 0 saturated carbocycles. The Balaban J connectivity index is 1.39. The number of aryl methyl sites for hydroxylation is 1. The number of carbonyl (C=O) groups excluding carboxylic acids is 2. The Morgan fingerprint density at radius 3 is 2.50 bits per heavy atom. The molecule has 0 radical (unpaired) electrons. The maximum Gasteiger partial charge on any atom is 0.267 e. The zero-order chi connectivity index (χ0) is 26.5. The van der Waals surface area contributed by atoms with Crippen molar-refractivity contribution >= 4 is 28.4 Å². The first kappa shape index (κ1) is 25.6. The first-order valence-corrected chi connectivity index (χ1v) is 12.8. The molecule has 0 aliphatic carbocycles. The summed E-state index contributed by atoms with van der Waals surface area (Å²) in [6.07, 6.45) is 0. The molecule has 0 atom stereocenters. The van der Waals surface area contributed by atoms with Crippen molar-refractivity contribution in [2.45, 2.75) is 13.5 Å². The van der Waals surface area contributed by atoms with Crippen molar-refractivity contribution < 1.29 is 18.7 Å². The largest absolute Gasteiger partial charge is 0.379 e.